The first-order valence-electron chi connectivity index (χ1n) is 6.89. The van der Waals surface area contributed by atoms with Gasteiger partial charge in [-0.05, 0) is 37.7 Å². The Balaban J connectivity index is 2.15. The van der Waals surface area contributed by atoms with Crippen LogP contribution in [0.5, 0.6) is 0 Å². The summed E-state index contributed by atoms with van der Waals surface area (Å²) in [5.74, 6) is 1.36. The lowest BCUT2D eigenvalue weighted by atomic mass is 10.0. The van der Waals surface area contributed by atoms with Crippen LogP contribution in [0.2, 0.25) is 0 Å². The molecule has 2 aromatic rings. The first kappa shape index (κ1) is 12.2. The zero-order valence-electron chi connectivity index (χ0n) is 11.4. The van der Waals surface area contributed by atoms with Crippen molar-refractivity contribution < 1.29 is 0 Å². The molecule has 0 spiro atoms. The molecule has 1 aliphatic carbocycles. The quantitative estimate of drug-likeness (QED) is 0.914. The number of nitrogens with zero attached hydrogens (tertiary/aromatic N) is 1. The molecule has 3 heteroatoms. The number of rotatable bonds is 3. The minimum atomic E-state index is -0.00407. The Bertz CT molecular complexity index is 669. The van der Waals surface area contributed by atoms with Crippen LogP contribution < -0.4 is 5.56 Å². The highest BCUT2D eigenvalue weighted by Gasteiger charge is 2.26. The van der Waals surface area contributed by atoms with E-state index in [4.69, 9.17) is 0 Å². The number of nitrogens with one attached hydrogen (secondary N) is 1. The van der Waals surface area contributed by atoms with E-state index >= 15 is 0 Å². The molecule has 1 N–H and O–H groups in total. The molecule has 0 unspecified atom stereocenters. The third-order valence-electron chi connectivity index (χ3n) is 3.81. The van der Waals surface area contributed by atoms with E-state index in [9.17, 15) is 4.79 Å². The molecular weight excluding hydrogens is 236 g/mol. The van der Waals surface area contributed by atoms with Gasteiger partial charge in [-0.1, -0.05) is 31.2 Å². The van der Waals surface area contributed by atoms with Crippen LogP contribution in [0.15, 0.2) is 29.1 Å². The highest BCUT2D eigenvalue weighted by molar-refractivity contribution is 5.62. The Morgan fingerprint density at radius 3 is 2.68 bits per heavy atom. The lowest BCUT2D eigenvalue weighted by Crippen LogP contribution is -2.17. The fourth-order valence-corrected chi connectivity index (χ4v) is 2.62. The number of hydrogen-bond acceptors (Lipinski definition) is 2. The van der Waals surface area contributed by atoms with E-state index in [0.29, 0.717) is 11.7 Å². The van der Waals surface area contributed by atoms with Crippen molar-refractivity contribution in [2.24, 2.45) is 0 Å². The van der Waals surface area contributed by atoms with Crippen molar-refractivity contribution in [3.63, 3.8) is 0 Å². The van der Waals surface area contributed by atoms with E-state index in [-0.39, 0.29) is 5.56 Å². The average molecular weight is 254 g/mol. The maximum atomic E-state index is 12.1. The van der Waals surface area contributed by atoms with Crippen molar-refractivity contribution in [1.82, 2.24) is 9.97 Å². The molecule has 0 amide bonds. The van der Waals surface area contributed by atoms with Gasteiger partial charge in [0.1, 0.15) is 5.82 Å². The number of benzene rings is 1. The summed E-state index contributed by atoms with van der Waals surface area (Å²) in [6.45, 7) is 3.90. The molecule has 98 valence electrons. The van der Waals surface area contributed by atoms with Crippen molar-refractivity contribution in [3.05, 3.63) is 51.4 Å². The van der Waals surface area contributed by atoms with Gasteiger partial charge in [0, 0.05) is 16.8 Å². The summed E-state index contributed by atoms with van der Waals surface area (Å²) in [5.41, 5.74) is 4.01. The topological polar surface area (TPSA) is 45.8 Å². The second-order valence-corrected chi connectivity index (χ2v) is 5.19. The Kier molecular flexibility index (Phi) is 2.97. The first-order valence-corrected chi connectivity index (χ1v) is 6.89. The van der Waals surface area contributed by atoms with E-state index in [0.717, 1.165) is 23.2 Å². The van der Waals surface area contributed by atoms with Crippen molar-refractivity contribution in [1.29, 1.82) is 0 Å². The van der Waals surface area contributed by atoms with Crippen LogP contribution in [-0.4, -0.2) is 9.97 Å². The second kappa shape index (κ2) is 4.65. The molecule has 1 heterocycles. The number of aromatic nitrogens is 2. The highest BCUT2D eigenvalue weighted by Crippen LogP contribution is 2.43. The van der Waals surface area contributed by atoms with Gasteiger partial charge < -0.3 is 4.98 Å². The molecule has 0 radical (unpaired) electrons. The third kappa shape index (κ3) is 2.21. The maximum Gasteiger partial charge on any atom is 0.254 e. The fraction of sp³-hybridized carbons (Fsp3) is 0.375. The molecule has 1 aliphatic rings. The van der Waals surface area contributed by atoms with Crippen LogP contribution in [0.4, 0.5) is 0 Å². The molecule has 19 heavy (non-hydrogen) atoms. The molecule has 3 rings (SSSR count). The van der Waals surface area contributed by atoms with Crippen molar-refractivity contribution in [2.75, 3.05) is 0 Å². The molecule has 3 nitrogen and oxygen atoms in total. The van der Waals surface area contributed by atoms with Gasteiger partial charge >= 0.3 is 0 Å². The second-order valence-electron chi connectivity index (χ2n) is 5.19. The fourth-order valence-electron chi connectivity index (χ4n) is 2.62. The van der Waals surface area contributed by atoms with Gasteiger partial charge in [-0.15, -0.1) is 0 Å². The molecule has 0 atom stereocenters. The van der Waals surface area contributed by atoms with Crippen LogP contribution >= 0.6 is 0 Å². The average Bonchev–Trinajstić information content (AvgIpc) is 3.22. The molecule has 1 aromatic heterocycles. The Morgan fingerprint density at radius 2 is 2.05 bits per heavy atom. The number of H-pyrrole nitrogens is 1. The van der Waals surface area contributed by atoms with Crippen LogP contribution in [0.3, 0.4) is 0 Å². The number of aromatic amines is 1. The maximum absolute atomic E-state index is 12.1. The monoisotopic (exact) mass is 254 g/mol. The van der Waals surface area contributed by atoms with Crippen LogP contribution in [0.25, 0.3) is 11.4 Å². The smallest absolute Gasteiger partial charge is 0.254 e. The molecule has 1 fully saturated rings. The van der Waals surface area contributed by atoms with Crippen LogP contribution in [0.1, 0.15) is 42.5 Å². The van der Waals surface area contributed by atoms with Gasteiger partial charge in [0.2, 0.25) is 0 Å². The lowest BCUT2D eigenvalue weighted by Gasteiger charge is -2.10. The zero-order chi connectivity index (χ0) is 13.4. The first-order chi connectivity index (χ1) is 9.20. The third-order valence-corrected chi connectivity index (χ3v) is 3.81. The van der Waals surface area contributed by atoms with Crippen LogP contribution in [0, 0.1) is 6.92 Å². The highest BCUT2D eigenvalue weighted by atomic mass is 16.1. The molecule has 1 aromatic carbocycles. The standard InChI is InChI=1S/C16H18N2O/c1-3-12-10(2)17-15(18-16(12)19)14-7-5-4-6-13(14)11-8-9-11/h4-7,11H,3,8-9H2,1-2H3,(H,17,18,19). The summed E-state index contributed by atoms with van der Waals surface area (Å²) in [7, 11) is 0. The van der Waals surface area contributed by atoms with Crippen molar-refractivity contribution in [3.8, 4) is 11.4 Å². The molecular formula is C16H18N2O. The van der Waals surface area contributed by atoms with E-state index in [2.05, 4.69) is 28.2 Å². The van der Waals surface area contributed by atoms with Gasteiger partial charge in [0.15, 0.2) is 0 Å². The summed E-state index contributed by atoms with van der Waals surface area (Å²) in [6.07, 6.45) is 3.21. The van der Waals surface area contributed by atoms with E-state index in [1.807, 2.05) is 19.9 Å². The predicted molar refractivity (Wildman–Crippen MR) is 76.4 cm³/mol. The molecule has 0 bridgehead atoms. The summed E-state index contributed by atoms with van der Waals surface area (Å²) in [4.78, 5) is 19.6. The van der Waals surface area contributed by atoms with Gasteiger partial charge in [-0.25, -0.2) is 4.98 Å². The summed E-state index contributed by atoms with van der Waals surface area (Å²) >= 11 is 0. The van der Waals surface area contributed by atoms with Crippen molar-refractivity contribution >= 4 is 0 Å². The molecule has 1 saturated carbocycles. The molecule has 0 aliphatic heterocycles. The zero-order valence-corrected chi connectivity index (χ0v) is 11.4. The predicted octanol–water partition coefficient (Wildman–Crippen LogP) is 3.19. The Labute approximate surface area is 112 Å². The van der Waals surface area contributed by atoms with E-state index in [1.165, 1.54) is 18.4 Å². The minimum absolute atomic E-state index is 0.00407. The van der Waals surface area contributed by atoms with E-state index < -0.39 is 0 Å². The normalized spacial score (nSPS) is 14.6. The summed E-state index contributed by atoms with van der Waals surface area (Å²) in [5, 5.41) is 0. The Hall–Kier alpha value is -1.90. The van der Waals surface area contributed by atoms with Gasteiger partial charge in [0.25, 0.3) is 5.56 Å². The van der Waals surface area contributed by atoms with Crippen molar-refractivity contribution in [2.45, 2.75) is 39.0 Å². The summed E-state index contributed by atoms with van der Waals surface area (Å²) < 4.78 is 0. The van der Waals surface area contributed by atoms with Gasteiger partial charge in [0.05, 0.1) is 0 Å². The van der Waals surface area contributed by atoms with Gasteiger partial charge in [-0.2, -0.15) is 0 Å². The molecule has 0 saturated heterocycles. The number of aryl methyl sites for hydroxylation is 1. The van der Waals surface area contributed by atoms with Gasteiger partial charge in [-0.3, -0.25) is 4.79 Å². The van der Waals surface area contributed by atoms with Crippen LogP contribution in [-0.2, 0) is 6.42 Å². The number of hydrogen-bond donors (Lipinski definition) is 1. The summed E-state index contributed by atoms with van der Waals surface area (Å²) in [6, 6.07) is 8.26. The largest absolute Gasteiger partial charge is 0.306 e. The van der Waals surface area contributed by atoms with E-state index in [1.54, 1.807) is 0 Å². The Morgan fingerprint density at radius 1 is 1.32 bits per heavy atom. The SMILES string of the molecule is CCc1c(C)nc(-c2ccccc2C2CC2)[nH]c1=O. The lowest BCUT2D eigenvalue weighted by molar-refractivity contribution is 0.963. The minimum Gasteiger partial charge on any atom is -0.306 e.